The number of hydrogen-bond donors (Lipinski definition) is 1. The van der Waals surface area contributed by atoms with E-state index in [1.807, 2.05) is 20.8 Å². The Morgan fingerprint density at radius 3 is 2.42 bits per heavy atom. The van der Waals surface area contributed by atoms with Gasteiger partial charge < -0.3 is 4.74 Å². The summed E-state index contributed by atoms with van der Waals surface area (Å²) in [7, 11) is 0. The predicted molar refractivity (Wildman–Crippen MR) is 75.3 cm³/mol. The molecule has 1 aromatic heterocycles. The van der Waals surface area contributed by atoms with Crippen LogP contribution in [0.1, 0.15) is 45.2 Å². The molecule has 1 heterocycles. The lowest BCUT2D eigenvalue weighted by molar-refractivity contribution is 0.0636. The molecule has 0 saturated carbocycles. The van der Waals surface area contributed by atoms with E-state index in [4.69, 9.17) is 10.00 Å². The van der Waals surface area contributed by atoms with Crippen LogP contribution in [0.5, 0.6) is 0 Å². The SMILES string of the molecule is Cc1nc(NC(=O)OC(C)(C)C)sc1C(C)(C)C#N. The molecule has 1 aromatic rings. The van der Waals surface area contributed by atoms with Crippen molar-refractivity contribution in [2.75, 3.05) is 5.32 Å². The molecule has 0 aliphatic heterocycles. The first kappa shape index (κ1) is 15.4. The summed E-state index contributed by atoms with van der Waals surface area (Å²) in [5.74, 6) is 0. The number of thiazole rings is 1. The number of carbonyl (C=O) groups is 1. The molecule has 0 spiro atoms. The van der Waals surface area contributed by atoms with Crippen molar-refractivity contribution in [1.82, 2.24) is 4.98 Å². The summed E-state index contributed by atoms with van der Waals surface area (Å²) in [6, 6.07) is 2.23. The lowest BCUT2D eigenvalue weighted by Crippen LogP contribution is -2.27. The second-order valence-corrected chi connectivity index (χ2v) is 6.80. The highest BCUT2D eigenvalue weighted by Crippen LogP contribution is 2.33. The van der Waals surface area contributed by atoms with Gasteiger partial charge in [-0.3, -0.25) is 5.32 Å². The average Bonchev–Trinajstić information content (AvgIpc) is 2.57. The van der Waals surface area contributed by atoms with Gasteiger partial charge in [0, 0.05) is 4.88 Å². The second-order valence-electron chi connectivity index (χ2n) is 5.80. The van der Waals surface area contributed by atoms with Gasteiger partial charge in [-0.15, -0.1) is 0 Å². The van der Waals surface area contributed by atoms with E-state index in [1.165, 1.54) is 11.3 Å². The lowest BCUT2D eigenvalue weighted by Gasteiger charge is -2.18. The molecule has 0 fully saturated rings. The van der Waals surface area contributed by atoms with E-state index < -0.39 is 17.1 Å². The molecule has 5 nitrogen and oxygen atoms in total. The first-order valence-electron chi connectivity index (χ1n) is 5.94. The van der Waals surface area contributed by atoms with Crippen molar-refractivity contribution in [2.45, 2.75) is 52.6 Å². The number of carbonyl (C=O) groups excluding carboxylic acids is 1. The van der Waals surface area contributed by atoms with E-state index in [9.17, 15) is 4.79 Å². The minimum atomic E-state index is -0.615. The van der Waals surface area contributed by atoms with E-state index in [2.05, 4.69) is 16.4 Å². The van der Waals surface area contributed by atoms with Gasteiger partial charge in [-0.1, -0.05) is 11.3 Å². The van der Waals surface area contributed by atoms with Crippen LogP contribution in [-0.2, 0) is 10.2 Å². The van der Waals surface area contributed by atoms with Crippen LogP contribution in [0.2, 0.25) is 0 Å². The molecule has 0 saturated heterocycles. The summed E-state index contributed by atoms with van der Waals surface area (Å²) in [5.41, 5.74) is -0.414. The summed E-state index contributed by atoms with van der Waals surface area (Å²) in [6.45, 7) is 10.9. The molecule has 0 atom stereocenters. The third kappa shape index (κ3) is 4.21. The minimum absolute atomic E-state index is 0.449. The van der Waals surface area contributed by atoms with Crippen molar-refractivity contribution in [3.63, 3.8) is 0 Å². The number of nitrogens with one attached hydrogen (secondary N) is 1. The first-order chi connectivity index (χ1) is 8.55. The number of aryl methyl sites for hydroxylation is 1. The molecule has 1 N–H and O–H groups in total. The normalized spacial score (nSPS) is 11.8. The molecule has 1 amide bonds. The van der Waals surface area contributed by atoms with Crippen molar-refractivity contribution < 1.29 is 9.53 Å². The molecule has 6 heteroatoms. The van der Waals surface area contributed by atoms with Crippen LogP contribution < -0.4 is 5.32 Å². The van der Waals surface area contributed by atoms with Crippen LogP contribution in [0.3, 0.4) is 0 Å². The highest BCUT2D eigenvalue weighted by Gasteiger charge is 2.26. The Morgan fingerprint density at radius 2 is 1.95 bits per heavy atom. The van der Waals surface area contributed by atoms with Crippen molar-refractivity contribution in [3.05, 3.63) is 10.6 Å². The van der Waals surface area contributed by atoms with Crippen LogP contribution >= 0.6 is 11.3 Å². The van der Waals surface area contributed by atoms with Crippen molar-refractivity contribution in [2.24, 2.45) is 0 Å². The van der Waals surface area contributed by atoms with E-state index in [0.717, 1.165) is 10.6 Å². The van der Waals surface area contributed by atoms with Gasteiger partial charge in [0.05, 0.1) is 17.2 Å². The van der Waals surface area contributed by atoms with Crippen molar-refractivity contribution in [3.8, 4) is 6.07 Å². The second kappa shape index (κ2) is 5.17. The number of aromatic nitrogens is 1. The molecule has 1 rings (SSSR count). The zero-order valence-electron chi connectivity index (χ0n) is 12.1. The summed E-state index contributed by atoms with van der Waals surface area (Å²) in [4.78, 5) is 16.7. The topological polar surface area (TPSA) is 75.0 Å². The molecule has 0 radical (unpaired) electrons. The fourth-order valence-corrected chi connectivity index (χ4v) is 2.48. The van der Waals surface area contributed by atoms with Crippen LogP contribution in [0.15, 0.2) is 0 Å². The van der Waals surface area contributed by atoms with Gasteiger partial charge in [0.2, 0.25) is 0 Å². The number of amides is 1. The molecule has 19 heavy (non-hydrogen) atoms. The van der Waals surface area contributed by atoms with Crippen LogP contribution in [0.25, 0.3) is 0 Å². The third-order valence-corrected chi connectivity index (χ3v) is 3.65. The molecule has 0 bridgehead atoms. The zero-order valence-corrected chi connectivity index (χ0v) is 12.9. The average molecular weight is 281 g/mol. The third-order valence-electron chi connectivity index (χ3n) is 2.25. The number of anilines is 1. The standard InChI is InChI=1S/C13H19N3O2S/c1-8-9(13(5,6)7-14)19-10(15-8)16-11(17)18-12(2,3)4/h1-6H3,(H,15,16,17). The molecule has 104 valence electrons. The van der Waals surface area contributed by atoms with Gasteiger partial charge in [0.15, 0.2) is 5.13 Å². The number of ether oxygens (including phenoxy) is 1. The van der Waals surface area contributed by atoms with Gasteiger partial charge in [0.25, 0.3) is 0 Å². The summed E-state index contributed by atoms with van der Waals surface area (Å²) >= 11 is 1.30. The van der Waals surface area contributed by atoms with Gasteiger partial charge in [-0.2, -0.15) is 5.26 Å². The fourth-order valence-electron chi connectivity index (χ4n) is 1.47. The van der Waals surface area contributed by atoms with Gasteiger partial charge in [-0.05, 0) is 41.5 Å². The Morgan fingerprint density at radius 1 is 1.37 bits per heavy atom. The molecular weight excluding hydrogens is 262 g/mol. The highest BCUT2D eigenvalue weighted by molar-refractivity contribution is 7.16. The Kier molecular flexibility index (Phi) is 4.21. The van der Waals surface area contributed by atoms with Gasteiger partial charge >= 0.3 is 6.09 Å². The molecule has 0 aromatic carbocycles. The highest BCUT2D eigenvalue weighted by atomic mass is 32.1. The summed E-state index contributed by atoms with van der Waals surface area (Å²) in [5, 5.41) is 12.2. The number of nitriles is 1. The van der Waals surface area contributed by atoms with Crippen LogP contribution in [-0.4, -0.2) is 16.7 Å². The Labute approximate surface area is 117 Å². The Balaban J connectivity index is 2.86. The molecule has 0 aliphatic carbocycles. The van der Waals surface area contributed by atoms with Crippen LogP contribution in [0, 0.1) is 18.3 Å². The molecule has 0 unspecified atom stereocenters. The maximum Gasteiger partial charge on any atom is 0.413 e. The number of hydrogen-bond acceptors (Lipinski definition) is 5. The molecular formula is C13H19N3O2S. The summed E-state index contributed by atoms with van der Waals surface area (Å²) in [6.07, 6.45) is -0.539. The number of rotatable bonds is 2. The van der Waals surface area contributed by atoms with Gasteiger partial charge in [-0.25, -0.2) is 9.78 Å². The minimum Gasteiger partial charge on any atom is -0.444 e. The zero-order chi connectivity index (χ0) is 14.8. The fraction of sp³-hybridized carbons (Fsp3) is 0.615. The van der Waals surface area contributed by atoms with E-state index >= 15 is 0 Å². The predicted octanol–water partition coefficient (Wildman–Crippen LogP) is 3.60. The quantitative estimate of drug-likeness (QED) is 0.898. The lowest BCUT2D eigenvalue weighted by atomic mass is 9.93. The first-order valence-corrected chi connectivity index (χ1v) is 6.76. The maximum absolute atomic E-state index is 11.6. The van der Waals surface area contributed by atoms with Crippen LogP contribution in [0.4, 0.5) is 9.93 Å². The Hall–Kier alpha value is -1.61. The largest absolute Gasteiger partial charge is 0.444 e. The summed E-state index contributed by atoms with van der Waals surface area (Å²) < 4.78 is 5.15. The van der Waals surface area contributed by atoms with Crippen molar-refractivity contribution >= 4 is 22.6 Å². The van der Waals surface area contributed by atoms with E-state index in [-0.39, 0.29) is 0 Å². The van der Waals surface area contributed by atoms with Crippen molar-refractivity contribution in [1.29, 1.82) is 5.26 Å². The van der Waals surface area contributed by atoms with E-state index in [1.54, 1.807) is 20.8 Å². The smallest absolute Gasteiger partial charge is 0.413 e. The molecule has 0 aliphatic rings. The van der Waals surface area contributed by atoms with E-state index in [0.29, 0.717) is 5.13 Å². The Bertz CT molecular complexity index is 521. The van der Waals surface area contributed by atoms with Gasteiger partial charge in [0.1, 0.15) is 5.60 Å². The maximum atomic E-state index is 11.6. The monoisotopic (exact) mass is 281 g/mol. The number of nitrogens with zero attached hydrogens (tertiary/aromatic N) is 2.